The van der Waals surface area contributed by atoms with Gasteiger partial charge in [0.25, 0.3) is 5.91 Å². The van der Waals surface area contributed by atoms with Gasteiger partial charge < -0.3 is 10.1 Å². The van der Waals surface area contributed by atoms with Crippen LogP contribution in [0.2, 0.25) is 0 Å². The van der Waals surface area contributed by atoms with Crippen molar-refractivity contribution in [2.75, 3.05) is 19.8 Å². The highest BCUT2D eigenvalue weighted by atomic mass is 79.9. The molecular formula is C14H17BrFNO2. The van der Waals surface area contributed by atoms with E-state index in [-0.39, 0.29) is 16.9 Å². The smallest absolute Gasteiger partial charge is 0.254 e. The lowest BCUT2D eigenvalue weighted by Gasteiger charge is -2.33. The second-order valence-corrected chi connectivity index (χ2v) is 6.15. The van der Waals surface area contributed by atoms with Crippen molar-refractivity contribution < 1.29 is 13.9 Å². The first-order valence-corrected chi connectivity index (χ1v) is 7.10. The number of ether oxygens (including phenoxy) is 1. The molecule has 1 amide bonds. The van der Waals surface area contributed by atoms with Crippen molar-refractivity contribution in [3.05, 3.63) is 34.1 Å². The molecule has 5 heteroatoms. The molecule has 1 fully saturated rings. The summed E-state index contributed by atoms with van der Waals surface area (Å²) in [5.74, 6) is -0.873. The summed E-state index contributed by atoms with van der Waals surface area (Å²) in [7, 11) is 0. The Balaban J connectivity index is 1.97. The molecule has 0 aromatic heterocycles. The fourth-order valence-electron chi connectivity index (χ4n) is 2.10. The number of hydrogen-bond acceptors (Lipinski definition) is 2. The number of rotatable bonds is 3. The largest absolute Gasteiger partial charge is 0.381 e. The number of hydrogen-bond donors (Lipinski definition) is 1. The van der Waals surface area contributed by atoms with Crippen LogP contribution in [0.15, 0.2) is 22.7 Å². The zero-order valence-corrected chi connectivity index (χ0v) is 12.4. The van der Waals surface area contributed by atoms with Crippen molar-refractivity contribution in [1.29, 1.82) is 0 Å². The van der Waals surface area contributed by atoms with Gasteiger partial charge in [-0.25, -0.2) is 4.39 Å². The Morgan fingerprint density at radius 1 is 1.47 bits per heavy atom. The van der Waals surface area contributed by atoms with E-state index in [1.165, 1.54) is 12.1 Å². The van der Waals surface area contributed by atoms with Gasteiger partial charge in [0, 0.05) is 24.2 Å². The number of carbonyl (C=O) groups is 1. The van der Waals surface area contributed by atoms with Gasteiger partial charge in [-0.2, -0.15) is 0 Å². The van der Waals surface area contributed by atoms with E-state index < -0.39 is 5.82 Å². The van der Waals surface area contributed by atoms with E-state index >= 15 is 0 Å². The van der Waals surface area contributed by atoms with Crippen LogP contribution in [0.4, 0.5) is 4.39 Å². The molecule has 104 valence electrons. The van der Waals surface area contributed by atoms with E-state index in [1.54, 1.807) is 6.07 Å². The Bertz CT molecular complexity index is 473. The minimum Gasteiger partial charge on any atom is -0.381 e. The van der Waals surface area contributed by atoms with Gasteiger partial charge in [-0.15, -0.1) is 0 Å². The van der Waals surface area contributed by atoms with Crippen LogP contribution in [0.5, 0.6) is 0 Å². The predicted molar refractivity (Wildman–Crippen MR) is 74.6 cm³/mol. The summed E-state index contributed by atoms with van der Waals surface area (Å²) in [6.07, 6.45) is 1.83. The Labute approximate surface area is 120 Å². The molecule has 1 heterocycles. The first-order chi connectivity index (χ1) is 9.00. The normalized spacial score (nSPS) is 18.1. The number of amides is 1. The minimum atomic E-state index is -0.510. The molecule has 1 N–H and O–H groups in total. The molecule has 0 aliphatic carbocycles. The highest BCUT2D eigenvalue weighted by Gasteiger charge is 2.28. The monoisotopic (exact) mass is 329 g/mol. The SMILES string of the molecule is CC1(CNC(=O)c2ccc(Br)cc2F)CCOCC1. The highest BCUT2D eigenvalue weighted by molar-refractivity contribution is 9.10. The molecule has 0 saturated carbocycles. The zero-order valence-electron chi connectivity index (χ0n) is 10.8. The van der Waals surface area contributed by atoms with Crippen molar-refractivity contribution in [3.8, 4) is 0 Å². The van der Waals surface area contributed by atoms with Crippen molar-refractivity contribution in [3.63, 3.8) is 0 Å². The van der Waals surface area contributed by atoms with Gasteiger partial charge in [-0.05, 0) is 36.5 Å². The fraction of sp³-hybridized carbons (Fsp3) is 0.500. The first-order valence-electron chi connectivity index (χ1n) is 6.31. The molecule has 1 saturated heterocycles. The third kappa shape index (κ3) is 3.76. The van der Waals surface area contributed by atoms with Crippen LogP contribution >= 0.6 is 15.9 Å². The number of halogens is 2. The first kappa shape index (κ1) is 14.5. The van der Waals surface area contributed by atoms with Crippen LogP contribution in [0, 0.1) is 11.2 Å². The molecule has 0 spiro atoms. The van der Waals surface area contributed by atoms with Crippen LogP contribution < -0.4 is 5.32 Å². The van der Waals surface area contributed by atoms with Gasteiger partial charge in [0.05, 0.1) is 5.56 Å². The summed E-state index contributed by atoms with van der Waals surface area (Å²) in [4.78, 5) is 12.0. The average Bonchev–Trinajstić information content (AvgIpc) is 2.37. The van der Waals surface area contributed by atoms with E-state index in [1.807, 2.05) is 0 Å². The second-order valence-electron chi connectivity index (χ2n) is 5.23. The number of benzene rings is 1. The van der Waals surface area contributed by atoms with Gasteiger partial charge in [0.15, 0.2) is 0 Å². The molecule has 1 aliphatic heterocycles. The molecule has 2 rings (SSSR count). The molecule has 0 unspecified atom stereocenters. The molecular weight excluding hydrogens is 313 g/mol. The summed E-state index contributed by atoms with van der Waals surface area (Å²) in [5, 5.41) is 2.82. The fourth-order valence-corrected chi connectivity index (χ4v) is 2.44. The van der Waals surface area contributed by atoms with E-state index in [2.05, 4.69) is 28.2 Å². The Morgan fingerprint density at radius 2 is 2.16 bits per heavy atom. The molecule has 19 heavy (non-hydrogen) atoms. The topological polar surface area (TPSA) is 38.3 Å². The standard InChI is InChI=1S/C14H17BrFNO2/c1-14(4-6-19-7-5-14)9-17-13(18)11-3-2-10(15)8-12(11)16/h2-3,8H,4-7,9H2,1H3,(H,17,18). The Hall–Kier alpha value is -0.940. The Morgan fingerprint density at radius 3 is 2.79 bits per heavy atom. The van der Waals surface area contributed by atoms with Crippen LogP contribution in [-0.2, 0) is 4.74 Å². The quantitative estimate of drug-likeness (QED) is 0.925. The lowest BCUT2D eigenvalue weighted by Crippen LogP contribution is -2.39. The maximum atomic E-state index is 13.7. The highest BCUT2D eigenvalue weighted by Crippen LogP contribution is 2.28. The van der Waals surface area contributed by atoms with Crippen molar-refractivity contribution in [2.24, 2.45) is 5.41 Å². The Kier molecular flexibility index (Phi) is 4.58. The van der Waals surface area contributed by atoms with E-state index in [0.29, 0.717) is 11.0 Å². The molecule has 3 nitrogen and oxygen atoms in total. The maximum absolute atomic E-state index is 13.7. The summed E-state index contributed by atoms with van der Waals surface area (Å²) in [6, 6.07) is 4.44. The summed E-state index contributed by atoms with van der Waals surface area (Å²) < 4.78 is 19.6. The van der Waals surface area contributed by atoms with Gasteiger partial charge in [-0.3, -0.25) is 4.79 Å². The van der Waals surface area contributed by atoms with Gasteiger partial charge in [0.2, 0.25) is 0 Å². The van der Waals surface area contributed by atoms with Gasteiger partial charge in [0.1, 0.15) is 5.82 Å². The third-order valence-electron chi connectivity index (χ3n) is 3.55. The summed E-state index contributed by atoms with van der Waals surface area (Å²) in [5.41, 5.74) is 0.124. The molecule has 1 aliphatic rings. The van der Waals surface area contributed by atoms with Crippen molar-refractivity contribution >= 4 is 21.8 Å². The van der Waals surface area contributed by atoms with Crippen LogP contribution in [-0.4, -0.2) is 25.7 Å². The van der Waals surface area contributed by atoms with E-state index in [9.17, 15) is 9.18 Å². The zero-order chi connectivity index (χ0) is 13.9. The lowest BCUT2D eigenvalue weighted by molar-refractivity contribution is 0.0238. The minimum absolute atomic E-state index is 0.0414. The molecule has 0 atom stereocenters. The number of nitrogens with one attached hydrogen (secondary N) is 1. The van der Waals surface area contributed by atoms with Crippen molar-refractivity contribution in [2.45, 2.75) is 19.8 Å². The van der Waals surface area contributed by atoms with E-state index in [4.69, 9.17) is 4.74 Å². The van der Waals surface area contributed by atoms with Crippen molar-refractivity contribution in [1.82, 2.24) is 5.32 Å². The van der Waals surface area contributed by atoms with E-state index in [0.717, 1.165) is 26.1 Å². The molecule has 0 radical (unpaired) electrons. The average molecular weight is 330 g/mol. The summed E-state index contributed by atoms with van der Waals surface area (Å²) in [6.45, 7) is 4.11. The summed E-state index contributed by atoms with van der Waals surface area (Å²) >= 11 is 3.17. The van der Waals surface area contributed by atoms with Gasteiger partial charge in [-0.1, -0.05) is 22.9 Å². The third-order valence-corrected chi connectivity index (χ3v) is 4.04. The predicted octanol–water partition coefficient (Wildman–Crippen LogP) is 3.13. The lowest BCUT2D eigenvalue weighted by atomic mass is 9.82. The maximum Gasteiger partial charge on any atom is 0.254 e. The molecule has 1 aromatic rings. The second kappa shape index (κ2) is 6.01. The van der Waals surface area contributed by atoms with Crippen LogP contribution in [0.1, 0.15) is 30.1 Å². The van der Waals surface area contributed by atoms with Crippen LogP contribution in [0.3, 0.4) is 0 Å². The van der Waals surface area contributed by atoms with Crippen LogP contribution in [0.25, 0.3) is 0 Å². The molecule has 1 aromatic carbocycles. The molecule has 0 bridgehead atoms. The van der Waals surface area contributed by atoms with Gasteiger partial charge >= 0.3 is 0 Å². The number of carbonyl (C=O) groups excluding carboxylic acids is 1.